The van der Waals surface area contributed by atoms with Crippen LogP contribution < -0.4 is 0 Å². The Morgan fingerprint density at radius 2 is 2.33 bits per heavy atom. The van der Waals surface area contributed by atoms with Gasteiger partial charge >= 0.3 is 47.3 Å². The van der Waals surface area contributed by atoms with Gasteiger partial charge in [0.05, 0.1) is 0 Å². The molecule has 0 amide bonds. The van der Waals surface area contributed by atoms with Crippen LogP contribution in [0.3, 0.4) is 0 Å². The molecule has 0 bridgehead atoms. The number of hydrogen-bond donors (Lipinski definition) is 0. The van der Waals surface area contributed by atoms with Crippen molar-refractivity contribution in [3.63, 3.8) is 0 Å². The second kappa shape index (κ2) is 3.57. The summed E-state index contributed by atoms with van der Waals surface area (Å²) in [6, 6.07) is 0.532. The van der Waals surface area contributed by atoms with Crippen LogP contribution in [0.25, 0.3) is 0 Å². The maximum atomic E-state index is 3.94. The summed E-state index contributed by atoms with van der Waals surface area (Å²) in [5.41, 5.74) is 0. The zero-order valence-corrected chi connectivity index (χ0v) is 5.58. The van der Waals surface area contributed by atoms with Crippen molar-refractivity contribution in [1.29, 1.82) is 0 Å². The Morgan fingerprint density at radius 1 is 1.83 bits per heavy atom. The number of hydrogen-bond acceptors (Lipinski definition) is 1. The Hall–Kier alpha value is 0.384. The molecular formula is C4H9NV. The molecule has 0 heterocycles. The van der Waals surface area contributed by atoms with Gasteiger partial charge in [-0.3, -0.25) is 0 Å². The van der Waals surface area contributed by atoms with E-state index in [-0.39, 0.29) is 0 Å². The molecule has 0 aromatic rings. The van der Waals surface area contributed by atoms with Crippen LogP contribution in [0.1, 0.15) is 20.3 Å². The SMILES string of the molecule is CCC(C)[N]=[V]. The molecule has 1 nitrogen and oxygen atoms in total. The molecule has 0 aromatic carbocycles. The molecule has 0 fully saturated rings. The van der Waals surface area contributed by atoms with Crippen molar-refractivity contribution in [1.82, 2.24) is 0 Å². The first-order chi connectivity index (χ1) is 2.81. The number of rotatable bonds is 2. The van der Waals surface area contributed by atoms with Gasteiger partial charge in [-0.2, -0.15) is 0 Å². The van der Waals surface area contributed by atoms with Crippen molar-refractivity contribution in [3.8, 4) is 0 Å². The van der Waals surface area contributed by atoms with E-state index in [4.69, 9.17) is 0 Å². The topological polar surface area (TPSA) is 12.4 Å². The van der Waals surface area contributed by atoms with E-state index in [9.17, 15) is 0 Å². The average Bonchev–Trinajstić information content (AvgIpc) is 1.65. The van der Waals surface area contributed by atoms with Gasteiger partial charge < -0.3 is 0 Å². The van der Waals surface area contributed by atoms with Gasteiger partial charge in [0, 0.05) is 0 Å². The van der Waals surface area contributed by atoms with E-state index >= 15 is 0 Å². The van der Waals surface area contributed by atoms with E-state index in [2.05, 4.69) is 34.9 Å². The predicted octanol–water partition coefficient (Wildman–Crippen LogP) is 1.52. The molecule has 0 aliphatic heterocycles. The molecule has 0 aromatic heterocycles. The zero-order valence-electron chi connectivity index (χ0n) is 4.18. The van der Waals surface area contributed by atoms with Crippen molar-refractivity contribution >= 4 is 0 Å². The minimum atomic E-state index is 0.532. The van der Waals surface area contributed by atoms with Crippen LogP contribution in [-0.4, -0.2) is 6.04 Å². The van der Waals surface area contributed by atoms with E-state index in [1.165, 1.54) is 0 Å². The molecule has 35 valence electrons. The standard InChI is InChI=1S/C4H9N.V/c1-3-4(2)5;/h4H,3H2,1-2H3;. The Kier molecular flexibility index (Phi) is 3.80. The molecule has 0 radical (unpaired) electrons. The van der Waals surface area contributed by atoms with Crippen molar-refractivity contribution < 1.29 is 17.2 Å². The quantitative estimate of drug-likeness (QED) is 0.526. The summed E-state index contributed by atoms with van der Waals surface area (Å²) in [6.45, 7) is 4.22. The molecule has 0 saturated heterocycles. The second-order valence-corrected chi connectivity index (χ2v) is 1.73. The molecule has 1 unspecified atom stereocenters. The van der Waals surface area contributed by atoms with Crippen LogP contribution in [0, 0.1) is 0 Å². The summed E-state index contributed by atoms with van der Waals surface area (Å²) < 4.78 is 3.94. The molecule has 0 aliphatic carbocycles. The van der Waals surface area contributed by atoms with Crippen LogP contribution in [0.5, 0.6) is 0 Å². The van der Waals surface area contributed by atoms with E-state index in [0.717, 1.165) is 6.42 Å². The summed E-state index contributed by atoms with van der Waals surface area (Å²) >= 11 is 2.24. The monoisotopic (exact) mass is 122 g/mol. The summed E-state index contributed by atoms with van der Waals surface area (Å²) in [4.78, 5) is 0. The van der Waals surface area contributed by atoms with Gasteiger partial charge in [0.2, 0.25) is 0 Å². The summed E-state index contributed by atoms with van der Waals surface area (Å²) in [6.07, 6.45) is 1.15. The predicted molar refractivity (Wildman–Crippen MR) is 22.2 cm³/mol. The van der Waals surface area contributed by atoms with Gasteiger partial charge in [-0.1, -0.05) is 0 Å². The van der Waals surface area contributed by atoms with Crippen LogP contribution >= 0.6 is 0 Å². The molecule has 2 heteroatoms. The Balaban J connectivity index is 2.96. The zero-order chi connectivity index (χ0) is 4.99. The summed E-state index contributed by atoms with van der Waals surface area (Å²) in [5.74, 6) is 0. The van der Waals surface area contributed by atoms with Crippen molar-refractivity contribution in [2.45, 2.75) is 26.3 Å². The molecule has 0 rings (SSSR count). The van der Waals surface area contributed by atoms with Gasteiger partial charge in [0.1, 0.15) is 0 Å². The minimum absolute atomic E-state index is 0.532. The average molecular weight is 122 g/mol. The summed E-state index contributed by atoms with van der Waals surface area (Å²) in [7, 11) is 0. The fourth-order valence-corrected chi connectivity index (χ4v) is 0.337. The first kappa shape index (κ1) is 6.38. The second-order valence-electron chi connectivity index (χ2n) is 1.37. The van der Waals surface area contributed by atoms with Gasteiger partial charge in [0.15, 0.2) is 0 Å². The van der Waals surface area contributed by atoms with Crippen LogP contribution in [0.4, 0.5) is 0 Å². The molecular weight excluding hydrogens is 113 g/mol. The third-order valence-corrected chi connectivity index (χ3v) is 1.40. The van der Waals surface area contributed by atoms with E-state index in [1.54, 1.807) is 0 Å². The molecule has 1 atom stereocenters. The van der Waals surface area contributed by atoms with Crippen molar-refractivity contribution in [2.24, 2.45) is 3.79 Å². The Labute approximate surface area is 47.9 Å². The van der Waals surface area contributed by atoms with Crippen LogP contribution in [-0.2, 0) is 17.2 Å². The van der Waals surface area contributed by atoms with E-state index in [1.807, 2.05) is 0 Å². The van der Waals surface area contributed by atoms with Gasteiger partial charge in [-0.05, 0) is 0 Å². The normalized spacial score (nSPS) is 13.5. The third-order valence-electron chi connectivity index (χ3n) is 0.788. The first-order valence-electron chi connectivity index (χ1n) is 2.15. The van der Waals surface area contributed by atoms with Crippen LogP contribution in [0.15, 0.2) is 3.79 Å². The van der Waals surface area contributed by atoms with Crippen LogP contribution in [0.2, 0.25) is 0 Å². The molecule has 0 saturated carbocycles. The maximum absolute atomic E-state index is 3.94. The summed E-state index contributed by atoms with van der Waals surface area (Å²) in [5, 5.41) is 0. The molecule has 0 aliphatic rings. The molecule has 6 heavy (non-hydrogen) atoms. The van der Waals surface area contributed by atoms with E-state index in [0.29, 0.717) is 6.04 Å². The van der Waals surface area contributed by atoms with Gasteiger partial charge in [-0.25, -0.2) is 0 Å². The van der Waals surface area contributed by atoms with Crippen molar-refractivity contribution in [2.75, 3.05) is 0 Å². The van der Waals surface area contributed by atoms with Gasteiger partial charge in [-0.15, -0.1) is 0 Å². The number of nitrogens with zero attached hydrogens (tertiary/aromatic N) is 1. The fraction of sp³-hybridized carbons (Fsp3) is 1.00. The fourth-order valence-electron chi connectivity index (χ4n) is 0.0816. The molecule has 0 N–H and O–H groups in total. The molecule has 0 spiro atoms. The first-order valence-corrected chi connectivity index (χ1v) is 2.78. The third kappa shape index (κ3) is 2.61. The van der Waals surface area contributed by atoms with Gasteiger partial charge in [0.25, 0.3) is 0 Å². The Bertz CT molecular complexity index is 44.8. The van der Waals surface area contributed by atoms with Crippen molar-refractivity contribution in [3.05, 3.63) is 0 Å². The van der Waals surface area contributed by atoms with E-state index < -0.39 is 0 Å². The Morgan fingerprint density at radius 3 is 2.33 bits per heavy atom.